The van der Waals surface area contributed by atoms with Crippen molar-refractivity contribution in [2.45, 2.75) is 56.3 Å². The summed E-state index contributed by atoms with van der Waals surface area (Å²) >= 11 is 1.59. The van der Waals surface area contributed by atoms with E-state index >= 15 is 0 Å². The molecule has 0 spiro atoms. The zero-order valence-corrected chi connectivity index (χ0v) is 17.3. The molecule has 1 fully saturated rings. The van der Waals surface area contributed by atoms with Gasteiger partial charge in [-0.2, -0.15) is 0 Å². The Morgan fingerprint density at radius 1 is 1.31 bits per heavy atom. The van der Waals surface area contributed by atoms with Crippen LogP contribution in [0.25, 0.3) is 0 Å². The van der Waals surface area contributed by atoms with Crippen molar-refractivity contribution in [2.24, 2.45) is 0 Å². The maximum absolute atomic E-state index is 12.9. The van der Waals surface area contributed by atoms with Gasteiger partial charge in [0, 0.05) is 42.5 Å². The van der Waals surface area contributed by atoms with Crippen LogP contribution in [-0.4, -0.2) is 50.3 Å². The number of thioether (sulfide) groups is 1. The number of pyridine rings is 1. The van der Waals surface area contributed by atoms with Gasteiger partial charge in [-0.15, -0.1) is 0 Å². The minimum atomic E-state index is -0.105. The third-order valence-electron chi connectivity index (χ3n) is 5.93. The molecule has 29 heavy (non-hydrogen) atoms. The maximum atomic E-state index is 12.9. The first kappa shape index (κ1) is 18.7. The molecule has 2 aromatic rings. The van der Waals surface area contributed by atoms with Crippen LogP contribution in [0.15, 0.2) is 28.2 Å². The Morgan fingerprint density at radius 3 is 3.07 bits per heavy atom. The third kappa shape index (κ3) is 3.54. The van der Waals surface area contributed by atoms with Crippen molar-refractivity contribution in [3.05, 3.63) is 45.5 Å². The first-order valence-corrected chi connectivity index (χ1v) is 11.2. The maximum Gasteiger partial charge on any atom is 0.257 e. The first-order chi connectivity index (χ1) is 14.1. The lowest BCUT2D eigenvalue weighted by Gasteiger charge is -2.20. The molecule has 0 bridgehead atoms. The molecule has 152 valence electrons. The van der Waals surface area contributed by atoms with E-state index in [2.05, 4.69) is 9.97 Å². The normalized spacial score (nSPS) is 22.6. The average Bonchev–Trinajstić information content (AvgIpc) is 3.42. The number of hydrogen-bond donors (Lipinski definition) is 0. The summed E-state index contributed by atoms with van der Waals surface area (Å²) < 4.78 is 7.73. The van der Waals surface area contributed by atoms with Gasteiger partial charge in [-0.25, -0.2) is 9.97 Å². The molecule has 0 aromatic carbocycles. The van der Waals surface area contributed by atoms with Crippen molar-refractivity contribution >= 4 is 17.7 Å². The fourth-order valence-electron chi connectivity index (χ4n) is 4.44. The molecule has 0 saturated carbocycles. The van der Waals surface area contributed by atoms with Crippen molar-refractivity contribution in [1.82, 2.24) is 19.4 Å². The number of hydrogen-bond acceptors (Lipinski definition) is 6. The van der Waals surface area contributed by atoms with E-state index in [1.165, 1.54) is 0 Å². The molecule has 7 nitrogen and oxygen atoms in total. The molecule has 1 amide bonds. The van der Waals surface area contributed by atoms with Gasteiger partial charge >= 0.3 is 0 Å². The van der Waals surface area contributed by atoms with Gasteiger partial charge in [0.25, 0.3) is 5.56 Å². The summed E-state index contributed by atoms with van der Waals surface area (Å²) in [6.07, 6.45) is 3.81. The van der Waals surface area contributed by atoms with Gasteiger partial charge in [-0.05, 0) is 32.3 Å². The predicted octanol–water partition coefficient (Wildman–Crippen LogP) is 2.15. The Morgan fingerprint density at radius 2 is 2.21 bits per heavy atom. The second kappa shape index (κ2) is 7.48. The summed E-state index contributed by atoms with van der Waals surface area (Å²) in [5.41, 5.74) is 2.80. The summed E-state index contributed by atoms with van der Waals surface area (Å²) in [5.74, 6) is 1.42. The van der Waals surface area contributed by atoms with E-state index in [9.17, 15) is 9.59 Å². The van der Waals surface area contributed by atoms with Crippen LogP contribution in [0.5, 0.6) is 5.88 Å². The highest BCUT2D eigenvalue weighted by atomic mass is 32.2. The molecule has 1 saturated heterocycles. The number of aromatic nitrogens is 3. The van der Waals surface area contributed by atoms with E-state index < -0.39 is 0 Å². The molecule has 2 atom stereocenters. The fourth-order valence-corrected chi connectivity index (χ4v) is 5.59. The van der Waals surface area contributed by atoms with Crippen molar-refractivity contribution in [1.29, 1.82) is 0 Å². The summed E-state index contributed by atoms with van der Waals surface area (Å²) in [6, 6.07) is 5.60. The first-order valence-electron chi connectivity index (χ1n) is 10.2. The smallest absolute Gasteiger partial charge is 0.257 e. The monoisotopic (exact) mass is 412 g/mol. The molecule has 2 unspecified atom stereocenters. The summed E-state index contributed by atoms with van der Waals surface area (Å²) in [7, 11) is 0. The molecule has 2 aliphatic heterocycles. The van der Waals surface area contributed by atoms with Crippen LogP contribution in [0.3, 0.4) is 0 Å². The SMILES string of the molecule is Cc1cccc(OC2CCN(C(=O)CC3CSc4nc5c(c(=O)n43)CCC5)C2)n1. The minimum absolute atomic E-state index is 0.0360. The molecule has 4 heterocycles. The van der Waals surface area contributed by atoms with Crippen LogP contribution in [0.1, 0.15) is 42.3 Å². The minimum Gasteiger partial charge on any atom is -0.472 e. The predicted molar refractivity (Wildman–Crippen MR) is 109 cm³/mol. The van der Waals surface area contributed by atoms with Crippen molar-refractivity contribution in [3.8, 4) is 5.88 Å². The van der Waals surface area contributed by atoms with Crippen LogP contribution >= 0.6 is 11.8 Å². The molecule has 3 aliphatic rings. The highest BCUT2D eigenvalue weighted by molar-refractivity contribution is 7.99. The van der Waals surface area contributed by atoms with E-state index in [-0.39, 0.29) is 23.6 Å². The van der Waals surface area contributed by atoms with E-state index in [0.717, 1.165) is 53.5 Å². The highest BCUT2D eigenvalue weighted by Gasteiger charge is 2.34. The summed E-state index contributed by atoms with van der Waals surface area (Å²) in [6.45, 7) is 3.18. The Labute approximate surface area is 173 Å². The van der Waals surface area contributed by atoms with Crippen LogP contribution in [-0.2, 0) is 17.6 Å². The van der Waals surface area contributed by atoms with Crippen LogP contribution < -0.4 is 10.3 Å². The summed E-state index contributed by atoms with van der Waals surface area (Å²) in [4.78, 5) is 36.7. The van der Waals surface area contributed by atoms with E-state index in [1.807, 2.05) is 30.0 Å². The number of ether oxygens (including phenoxy) is 1. The Hall–Kier alpha value is -2.35. The molecule has 5 rings (SSSR count). The Kier molecular flexibility index (Phi) is 4.81. The Bertz CT molecular complexity index is 1020. The molecule has 1 aliphatic carbocycles. The molecule has 0 radical (unpaired) electrons. The second-order valence-electron chi connectivity index (χ2n) is 8.00. The van der Waals surface area contributed by atoms with E-state index in [1.54, 1.807) is 16.3 Å². The van der Waals surface area contributed by atoms with Crippen LogP contribution in [0.4, 0.5) is 0 Å². The van der Waals surface area contributed by atoms with Crippen LogP contribution in [0, 0.1) is 6.92 Å². The molecule has 0 N–H and O–H groups in total. The number of carbonyl (C=O) groups excluding carboxylic acids is 1. The summed E-state index contributed by atoms with van der Waals surface area (Å²) in [5, 5.41) is 0.779. The van der Waals surface area contributed by atoms with Crippen LogP contribution in [0.2, 0.25) is 0 Å². The molecular formula is C21H24N4O3S. The lowest BCUT2D eigenvalue weighted by Crippen LogP contribution is -2.35. The highest BCUT2D eigenvalue weighted by Crippen LogP contribution is 2.34. The standard InChI is InChI=1S/C21H24N4O3S/c1-13-4-2-7-18(22-13)28-15-8-9-24(11-15)19(26)10-14-12-29-21-23-17-6-3-5-16(17)20(27)25(14)21/h2,4,7,14-15H,3,5-6,8-12H2,1H3. The van der Waals surface area contributed by atoms with E-state index in [0.29, 0.717) is 25.4 Å². The number of aryl methyl sites for hydroxylation is 2. The molecule has 8 heteroatoms. The topological polar surface area (TPSA) is 77.3 Å². The van der Waals surface area contributed by atoms with Gasteiger partial charge in [0.15, 0.2) is 5.16 Å². The van der Waals surface area contributed by atoms with Gasteiger partial charge in [0.2, 0.25) is 11.8 Å². The number of rotatable bonds is 4. The number of carbonyl (C=O) groups is 1. The van der Waals surface area contributed by atoms with Crippen molar-refractivity contribution in [3.63, 3.8) is 0 Å². The zero-order chi connectivity index (χ0) is 20.0. The van der Waals surface area contributed by atoms with Gasteiger partial charge in [-0.3, -0.25) is 14.2 Å². The fraction of sp³-hybridized carbons (Fsp3) is 0.524. The second-order valence-corrected chi connectivity index (χ2v) is 8.99. The number of likely N-dealkylation sites (tertiary alicyclic amines) is 1. The quantitative estimate of drug-likeness (QED) is 0.716. The average molecular weight is 413 g/mol. The largest absolute Gasteiger partial charge is 0.472 e. The lowest BCUT2D eigenvalue weighted by molar-refractivity contribution is -0.131. The van der Waals surface area contributed by atoms with Gasteiger partial charge in [0.1, 0.15) is 6.10 Å². The van der Waals surface area contributed by atoms with E-state index in [4.69, 9.17) is 4.74 Å². The number of nitrogens with zero attached hydrogens (tertiary/aromatic N) is 4. The van der Waals surface area contributed by atoms with Gasteiger partial charge in [-0.1, -0.05) is 17.8 Å². The zero-order valence-electron chi connectivity index (χ0n) is 16.5. The third-order valence-corrected chi connectivity index (χ3v) is 7.03. The Balaban J connectivity index is 1.24. The molecule has 2 aromatic heterocycles. The van der Waals surface area contributed by atoms with Crippen molar-refractivity contribution < 1.29 is 9.53 Å². The molecular weight excluding hydrogens is 388 g/mol. The van der Waals surface area contributed by atoms with Crippen molar-refractivity contribution in [2.75, 3.05) is 18.8 Å². The lowest BCUT2D eigenvalue weighted by atomic mass is 10.2. The number of fused-ring (bicyclic) bond motifs is 2. The number of amides is 1. The van der Waals surface area contributed by atoms with Gasteiger partial charge < -0.3 is 9.64 Å². The van der Waals surface area contributed by atoms with Gasteiger partial charge in [0.05, 0.1) is 18.3 Å².